The number of fused-ring (bicyclic) bond motifs is 1. The third-order valence-electron chi connectivity index (χ3n) is 5.93. The Hall–Kier alpha value is -1.17. The van der Waals surface area contributed by atoms with Gasteiger partial charge >= 0.3 is 5.97 Å². The molecule has 1 unspecified atom stereocenters. The number of carbonyl (C=O) groups is 1. The van der Waals surface area contributed by atoms with E-state index in [9.17, 15) is 15.0 Å². The van der Waals surface area contributed by atoms with Gasteiger partial charge in [0.1, 0.15) is 0 Å². The van der Waals surface area contributed by atoms with Crippen LogP contribution in [0.2, 0.25) is 0 Å². The largest absolute Gasteiger partial charge is 0.481 e. The van der Waals surface area contributed by atoms with Gasteiger partial charge in [0.2, 0.25) is 0 Å². The molecule has 0 aromatic rings. The third kappa shape index (κ3) is 7.40. The second-order valence-corrected chi connectivity index (χ2v) is 8.05. The maximum Gasteiger partial charge on any atom is 0.303 e. The molecule has 0 bridgehead atoms. The summed E-state index contributed by atoms with van der Waals surface area (Å²) in [6.07, 6.45) is 14.3. The predicted octanol–water partition coefficient (Wildman–Crippen LogP) is 3.70. The van der Waals surface area contributed by atoms with Crippen LogP contribution in [0.3, 0.4) is 0 Å². The van der Waals surface area contributed by atoms with E-state index in [1.807, 2.05) is 12.2 Å². The van der Waals surface area contributed by atoms with Crippen molar-refractivity contribution < 1.29 is 24.9 Å². The fraction of sp³-hybridized carbons (Fsp3) is 0.773. The lowest BCUT2D eigenvalue weighted by atomic mass is 9.86. The zero-order chi connectivity index (χ0) is 19.6. The van der Waals surface area contributed by atoms with E-state index in [0.717, 1.165) is 32.1 Å². The van der Waals surface area contributed by atoms with E-state index in [-0.39, 0.29) is 24.4 Å². The monoisotopic (exact) mass is 380 g/mol. The van der Waals surface area contributed by atoms with Gasteiger partial charge in [-0.15, -0.1) is 0 Å². The van der Waals surface area contributed by atoms with Crippen LogP contribution in [-0.4, -0.2) is 46.2 Å². The van der Waals surface area contributed by atoms with Crippen LogP contribution in [0.25, 0.3) is 0 Å². The van der Waals surface area contributed by atoms with Crippen molar-refractivity contribution in [2.24, 2.45) is 17.8 Å². The van der Waals surface area contributed by atoms with Gasteiger partial charge in [0.05, 0.1) is 18.3 Å². The Morgan fingerprint density at radius 1 is 1.30 bits per heavy atom. The lowest BCUT2D eigenvalue weighted by Crippen LogP contribution is -2.21. The molecule has 1 aliphatic heterocycles. The summed E-state index contributed by atoms with van der Waals surface area (Å²) in [6.45, 7) is 2.76. The lowest BCUT2D eigenvalue weighted by Gasteiger charge is -2.21. The average Bonchev–Trinajstić information content (AvgIpc) is 2.79. The van der Waals surface area contributed by atoms with E-state index in [1.165, 1.54) is 0 Å². The maximum absolute atomic E-state index is 10.7. The van der Waals surface area contributed by atoms with Crippen molar-refractivity contribution in [2.75, 3.05) is 6.61 Å². The molecule has 0 spiro atoms. The first-order chi connectivity index (χ1) is 13.0. The topological polar surface area (TPSA) is 87.0 Å². The van der Waals surface area contributed by atoms with Gasteiger partial charge in [-0.1, -0.05) is 31.2 Å². The Labute approximate surface area is 163 Å². The molecule has 3 N–H and O–H groups in total. The summed E-state index contributed by atoms with van der Waals surface area (Å²) in [5.74, 6) is -0.00680. The first kappa shape index (κ1) is 22.1. The minimum atomic E-state index is -0.738. The highest BCUT2D eigenvalue weighted by atomic mass is 16.5. The second kappa shape index (κ2) is 11.6. The van der Waals surface area contributed by atoms with Gasteiger partial charge < -0.3 is 20.1 Å². The molecule has 1 heterocycles. The first-order valence-corrected chi connectivity index (χ1v) is 10.5. The molecule has 0 aromatic carbocycles. The molecule has 27 heavy (non-hydrogen) atoms. The van der Waals surface area contributed by atoms with Gasteiger partial charge in [-0.3, -0.25) is 4.79 Å². The van der Waals surface area contributed by atoms with Crippen molar-refractivity contribution in [3.05, 3.63) is 24.3 Å². The normalized spacial score (nSPS) is 32.6. The Bertz CT molecular complexity index is 501. The molecule has 1 aliphatic carbocycles. The average molecular weight is 381 g/mol. The number of aliphatic hydroxyl groups excluding tert-OH is 2. The SMILES string of the molecule is CC/C=C\CCC(O)/C=C/[C@@H]1[C@H]2CC[C@H](CCCC(=O)O)CO[C@H]2C[C@H]1O. The van der Waals surface area contributed by atoms with Gasteiger partial charge in [0.15, 0.2) is 0 Å². The van der Waals surface area contributed by atoms with Crippen LogP contribution in [0, 0.1) is 17.8 Å². The van der Waals surface area contributed by atoms with Crippen molar-refractivity contribution in [1.82, 2.24) is 0 Å². The highest BCUT2D eigenvalue weighted by Gasteiger charge is 2.43. The number of ether oxygens (including phenoxy) is 1. The number of carboxylic acid groups (broad SMARTS) is 1. The molecule has 5 nitrogen and oxygen atoms in total. The number of carboxylic acids is 1. The standard InChI is InChI=1S/C22H36O5/c1-2-3-4-5-8-17(23)11-13-18-19-12-10-16(7-6-9-22(25)26)15-27-21(19)14-20(18)24/h3-4,11,13,16-21,23-24H,2,5-10,12,14-15H2,1H3,(H,25,26)/b4-3-,13-11+/t16-,17?,18+,19+,20+,21-/m0/s1. The highest BCUT2D eigenvalue weighted by Crippen LogP contribution is 2.42. The van der Waals surface area contributed by atoms with E-state index in [4.69, 9.17) is 9.84 Å². The van der Waals surface area contributed by atoms with Gasteiger partial charge in [-0.05, 0) is 56.8 Å². The molecule has 0 amide bonds. The first-order valence-electron chi connectivity index (χ1n) is 10.5. The molecular weight excluding hydrogens is 344 g/mol. The van der Waals surface area contributed by atoms with E-state index >= 15 is 0 Å². The van der Waals surface area contributed by atoms with Crippen molar-refractivity contribution in [3.8, 4) is 0 Å². The minimum Gasteiger partial charge on any atom is -0.481 e. The van der Waals surface area contributed by atoms with E-state index in [2.05, 4.69) is 19.1 Å². The van der Waals surface area contributed by atoms with Gasteiger partial charge in [-0.2, -0.15) is 0 Å². The Morgan fingerprint density at radius 2 is 2.11 bits per heavy atom. The molecule has 5 heteroatoms. The smallest absolute Gasteiger partial charge is 0.303 e. The van der Waals surface area contributed by atoms with Crippen LogP contribution < -0.4 is 0 Å². The second-order valence-electron chi connectivity index (χ2n) is 8.05. The van der Waals surface area contributed by atoms with Crippen molar-refractivity contribution >= 4 is 5.97 Å². The number of rotatable bonds is 10. The number of hydrogen-bond acceptors (Lipinski definition) is 4. The lowest BCUT2D eigenvalue weighted by molar-refractivity contribution is -0.137. The quantitative estimate of drug-likeness (QED) is 0.503. The molecule has 154 valence electrons. The van der Waals surface area contributed by atoms with Gasteiger partial charge in [0, 0.05) is 25.4 Å². The number of aliphatic carboxylic acids is 1. The van der Waals surface area contributed by atoms with Crippen molar-refractivity contribution in [1.29, 1.82) is 0 Å². The fourth-order valence-corrected chi connectivity index (χ4v) is 4.39. The summed E-state index contributed by atoms with van der Waals surface area (Å²) < 4.78 is 6.08. The molecule has 1 saturated carbocycles. The minimum absolute atomic E-state index is 0.0357. The van der Waals surface area contributed by atoms with Crippen molar-refractivity contribution in [3.63, 3.8) is 0 Å². The van der Waals surface area contributed by atoms with Crippen molar-refractivity contribution in [2.45, 2.75) is 83.0 Å². The number of allylic oxidation sites excluding steroid dienone is 2. The molecular formula is C22H36O5. The van der Waals surface area contributed by atoms with Crippen LogP contribution in [0.15, 0.2) is 24.3 Å². The Morgan fingerprint density at radius 3 is 2.85 bits per heavy atom. The van der Waals surface area contributed by atoms with Gasteiger partial charge in [-0.25, -0.2) is 0 Å². The van der Waals surface area contributed by atoms with Gasteiger partial charge in [0.25, 0.3) is 0 Å². The third-order valence-corrected chi connectivity index (χ3v) is 5.93. The summed E-state index contributed by atoms with van der Waals surface area (Å²) in [7, 11) is 0. The zero-order valence-electron chi connectivity index (χ0n) is 16.5. The summed E-state index contributed by atoms with van der Waals surface area (Å²) in [6, 6.07) is 0. The number of hydrogen-bond donors (Lipinski definition) is 3. The molecule has 6 atom stereocenters. The van der Waals surface area contributed by atoms with Crippen LogP contribution >= 0.6 is 0 Å². The fourth-order valence-electron chi connectivity index (χ4n) is 4.39. The van der Waals surface area contributed by atoms with E-state index in [1.54, 1.807) is 0 Å². The molecule has 0 radical (unpaired) electrons. The molecule has 0 aromatic heterocycles. The highest BCUT2D eigenvalue weighted by molar-refractivity contribution is 5.66. The summed E-state index contributed by atoms with van der Waals surface area (Å²) >= 11 is 0. The number of aliphatic hydroxyl groups is 2. The summed E-state index contributed by atoms with van der Waals surface area (Å²) in [5, 5.41) is 29.4. The van der Waals surface area contributed by atoms with E-state index < -0.39 is 18.2 Å². The van der Waals surface area contributed by atoms with Crippen LogP contribution in [0.5, 0.6) is 0 Å². The Kier molecular flexibility index (Phi) is 9.52. The maximum atomic E-state index is 10.7. The van der Waals surface area contributed by atoms with E-state index in [0.29, 0.717) is 31.8 Å². The van der Waals surface area contributed by atoms with Crippen LogP contribution in [0.4, 0.5) is 0 Å². The summed E-state index contributed by atoms with van der Waals surface area (Å²) in [4.78, 5) is 10.7. The predicted molar refractivity (Wildman–Crippen MR) is 105 cm³/mol. The van der Waals surface area contributed by atoms with Crippen LogP contribution in [-0.2, 0) is 9.53 Å². The summed E-state index contributed by atoms with van der Waals surface area (Å²) in [5.41, 5.74) is 0. The zero-order valence-corrected chi connectivity index (χ0v) is 16.5. The molecule has 1 saturated heterocycles. The molecule has 2 aliphatic rings. The molecule has 2 rings (SSSR count). The Balaban J connectivity index is 1.83. The molecule has 2 fully saturated rings. The van der Waals surface area contributed by atoms with Crippen LogP contribution in [0.1, 0.15) is 64.7 Å².